The highest BCUT2D eigenvalue weighted by Crippen LogP contribution is 2.32. The number of rotatable bonds is 8. The van der Waals surface area contributed by atoms with Crippen LogP contribution in [-0.4, -0.2) is 32.3 Å². The van der Waals surface area contributed by atoms with Crippen LogP contribution < -0.4 is 10.6 Å². The number of aromatic nitrogens is 3. The largest absolute Gasteiger partial charge is 0.326 e. The maximum Gasteiger partial charge on any atom is 0.234 e. The normalized spacial score (nSPS) is 10.9. The summed E-state index contributed by atoms with van der Waals surface area (Å²) < 4.78 is 1.97. The predicted octanol–water partition coefficient (Wildman–Crippen LogP) is 5.60. The molecule has 0 saturated heterocycles. The van der Waals surface area contributed by atoms with Crippen molar-refractivity contribution in [3.63, 3.8) is 0 Å². The minimum absolute atomic E-state index is 0.148. The zero-order chi connectivity index (χ0) is 23.3. The molecule has 3 aromatic rings. The number of hydrogen-bond acceptors (Lipinski definition) is 5. The number of nitrogens with one attached hydrogen (secondary N) is 2. The van der Waals surface area contributed by atoms with Crippen LogP contribution in [0.25, 0.3) is 11.4 Å². The first-order valence-corrected chi connectivity index (χ1v) is 11.7. The molecule has 0 fully saturated rings. The summed E-state index contributed by atoms with van der Waals surface area (Å²) in [6, 6.07) is 12.2. The van der Waals surface area contributed by atoms with Crippen molar-refractivity contribution >= 4 is 58.2 Å². The lowest BCUT2D eigenvalue weighted by Crippen LogP contribution is -2.15. The van der Waals surface area contributed by atoms with Gasteiger partial charge in [-0.2, -0.15) is 0 Å². The van der Waals surface area contributed by atoms with Crippen molar-refractivity contribution in [2.24, 2.45) is 5.92 Å². The summed E-state index contributed by atoms with van der Waals surface area (Å²) in [4.78, 5) is 23.7. The Morgan fingerprint density at radius 2 is 1.78 bits per heavy atom. The monoisotopic (exact) mass is 491 g/mol. The zero-order valence-electron chi connectivity index (χ0n) is 17.9. The van der Waals surface area contributed by atoms with Crippen LogP contribution in [0.4, 0.5) is 11.4 Å². The Labute approximate surface area is 200 Å². The lowest BCUT2D eigenvalue weighted by atomic mass is 10.2. The van der Waals surface area contributed by atoms with Gasteiger partial charge in [0.2, 0.25) is 11.8 Å². The van der Waals surface area contributed by atoms with Crippen molar-refractivity contribution in [2.45, 2.75) is 32.5 Å². The van der Waals surface area contributed by atoms with E-state index in [0.29, 0.717) is 44.9 Å². The molecule has 7 nitrogen and oxygen atoms in total. The number of hydrogen-bond donors (Lipinski definition) is 2. The summed E-state index contributed by atoms with van der Waals surface area (Å²) in [5.41, 5.74) is 1.94. The molecule has 2 aromatic carbocycles. The third-order valence-corrected chi connectivity index (χ3v) is 5.75. The quantitative estimate of drug-likeness (QED) is 0.400. The van der Waals surface area contributed by atoms with Crippen molar-refractivity contribution < 1.29 is 9.59 Å². The summed E-state index contributed by atoms with van der Waals surface area (Å²) in [7, 11) is 0. The molecule has 0 radical (unpaired) electrons. The summed E-state index contributed by atoms with van der Waals surface area (Å²) in [6.07, 6.45) is 0. The maximum absolute atomic E-state index is 12.5. The summed E-state index contributed by atoms with van der Waals surface area (Å²) in [5, 5.41) is 15.8. The lowest BCUT2D eigenvalue weighted by Gasteiger charge is -2.13. The van der Waals surface area contributed by atoms with Crippen molar-refractivity contribution in [1.29, 1.82) is 0 Å². The van der Waals surface area contributed by atoms with Crippen LogP contribution in [0.5, 0.6) is 0 Å². The lowest BCUT2D eigenvalue weighted by molar-refractivity contribution is -0.114. The molecule has 0 aliphatic carbocycles. The van der Waals surface area contributed by atoms with Gasteiger partial charge < -0.3 is 15.2 Å². The first-order chi connectivity index (χ1) is 15.2. The second-order valence-corrected chi connectivity index (χ2v) is 9.32. The molecule has 0 spiro atoms. The van der Waals surface area contributed by atoms with E-state index in [9.17, 15) is 9.59 Å². The Morgan fingerprint density at radius 3 is 2.44 bits per heavy atom. The van der Waals surface area contributed by atoms with Gasteiger partial charge in [-0.05, 0) is 42.3 Å². The highest BCUT2D eigenvalue weighted by atomic mass is 35.5. The minimum Gasteiger partial charge on any atom is -0.326 e. The Hall–Kier alpha value is -2.55. The summed E-state index contributed by atoms with van der Waals surface area (Å²) in [6.45, 7) is 6.29. The van der Waals surface area contributed by atoms with E-state index < -0.39 is 0 Å². The fourth-order valence-electron chi connectivity index (χ4n) is 3.00. The van der Waals surface area contributed by atoms with Crippen LogP contribution in [0.2, 0.25) is 10.0 Å². The van der Waals surface area contributed by atoms with Crippen molar-refractivity contribution in [3.8, 4) is 11.4 Å². The molecule has 0 aliphatic heterocycles. The molecule has 0 saturated carbocycles. The molecule has 168 valence electrons. The molecule has 0 bridgehead atoms. The van der Waals surface area contributed by atoms with Gasteiger partial charge in [-0.1, -0.05) is 54.9 Å². The highest BCUT2D eigenvalue weighted by Gasteiger charge is 2.18. The first kappa shape index (κ1) is 24.1. The van der Waals surface area contributed by atoms with E-state index in [1.165, 1.54) is 18.7 Å². The molecular formula is C22H23Cl2N5O2S. The maximum atomic E-state index is 12.5. The fraction of sp³-hybridized carbons (Fsp3) is 0.273. The molecule has 32 heavy (non-hydrogen) atoms. The predicted molar refractivity (Wildman–Crippen MR) is 130 cm³/mol. The second kappa shape index (κ2) is 10.8. The van der Waals surface area contributed by atoms with Gasteiger partial charge in [-0.3, -0.25) is 9.59 Å². The van der Waals surface area contributed by atoms with Crippen LogP contribution in [-0.2, 0) is 16.1 Å². The number of benzene rings is 2. The molecule has 2 amide bonds. The van der Waals surface area contributed by atoms with Crippen molar-refractivity contribution in [3.05, 3.63) is 52.5 Å². The zero-order valence-corrected chi connectivity index (χ0v) is 20.2. The Bertz CT molecular complexity index is 1130. The van der Waals surface area contributed by atoms with E-state index in [4.69, 9.17) is 23.2 Å². The van der Waals surface area contributed by atoms with Crippen LogP contribution in [0.3, 0.4) is 0 Å². The number of anilines is 2. The molecule has 0 atom stereocenters. The van der Waals surface area contributed by atoms with Gasteiger partial charge in [0, 0.05) is 35.4 Å². The summed E-state index contributed by atoms with van der Waals surface area (Å²) >= 11 is 13.7. The van der Waals surface area contributed by atoms with Crippen LogP contribution in [0.1, 0.15) is 20.8 Å². The SMILES string of the molecule is CC(=O)Nc1cccc(NC(=O)CSc2nnc(-c3ccc(Cl)cc3Cl)n2CC(C)C)c1. The van der Waals surface area contributed by atoms with Crippen molar-refractivity contribution in [2.75, 3.05) is 16.4 Å². The molecule has 2 N–H and O–H groups in total. The first-order valence-electron chi connectivity index (χ1n) is 9.92. The average Bonchev–Trinajstić information content (AvgIpc) is 3.08. The molecular weight excluding hydrogens is 469 g/mol. The number of halogens is 2. The van der Waals surface area contributed by atoms with Gasteiger partial charge in [0.15, 0.2) is 11.0 Å². The van der Waals surface area contributed by atoms with Gasteiger partial charge in [-0.15, -0.1) is 10.2 Å². The average molecular weight is 492 g/mol. The summed E-state index contributed by atoms with van der Waals surface area (Å²) in [5.74, 6) is 0.742. The second-order valence-electron chi connectivity index (χ2n) is 7.53. The highest BCUT2D eigenvalue weighted by molar-refractivity contribution is 7.99. The Balaban J connectivity index is 1.74. The third kappa shape index (κ3) is 6.48. The smallest absolute Gasteiger partial charge is 0.234 e. The van der Waals surface area contributed by atoms with Gasteiger partial charge in [0.05, 0.1) is 10.8 Å². The third-order valence-electron chi connectivity index (χ3n) is 4.24. The Kier molecular flexibility index (Phi) is 8.17. The fourth-order valence-corrected chi connectivity index (χ4v) is 4.24. The van der Waals surface area contributed by atoms with Crippen LogP contribution in [0.15, 0.2) is 47.6 Å². The molecule has 3 rings (SSSR count). The molecule has 0 aliphatic rings. The molecule has 0 unspecified atom stereocenters. The number of nitrogens with zero attached hydrogens (tertiary/aromatic N) is 3. The number of carbonyl (C=O) groups excluding carboxylic acids is 2. The number of amides is 2. The molecule has 10 heteroatoms. The van der Waals surface area contributed by atoms with Crippen LogP contribution >= 0.6 is 35.0 Å². The number of thioether (sulfide) groups is 1. The Morgan fingerprint density at radius 1 is 1.06 bits per heavy atom. The molecule has 1 aromatic heterocycles. The van der Waals surface area contributed by atoms with Gasteiger partial charge in [0.1, 0.15) is 0 Å². The number of carbonyl (C=O) groups is 2. The van der Waals surface area contributed by atoms with E-state index in [0.717, 1.165) is 5.56 Å². The van der Waals surface area contributed by atoms with E-state index >= 15 is 0 Å². The topological polar surface area (TPSA) is 88.9 Å². The van der Waals surface area contributed by atoms with E-state index in [2.05, 4.69) is 34.7 Å². The van der Waals surface area contributed by atoms with Gasteiger partial charge in [0.25, 0.3) is 0 Å². The van der Waals surface area contributed by atoms with E-state index in [1.807, 2.05) is 10.6 Å². The minimum atomic E-state index is -0.194. The van der Waals surface area contributed by atoms with E-state index in [1.54, 1.807) is 36.4 Å². The van der Waals surface area contributed by atoms with Gasteiger partial charge in [-0.25, -0.2) is 0 Å². The molecule has 1 heterocycles. The van der Waals surface area contributed by atoms with Crippen LogP contribution in [0, 0.1) is 5.92 Å². The van der Waals surface area contributed by atoms with Crippen molar-refractivity contribution in [1.82, 2.24) is 14.8 Å². The van der Waals surface area contributed by atoms with E-state index in [-0.39, 0.29) is 17.6 Å². The van der Waals surface area contributed by atoms with Gasteiger partial charge >= 0.3 is 0 Å². The standard InChI is InChI=1S/C22H23Cl2N5O2S/c1-13(2)11-29-21(18-8-7-15(23)9-19(18)24)27-28-22(29)32-12-20(31)26-17-6-4-5-16(10-17)25-14(3)30/h4-10,13H,11-12H2,1-3H3,(H,25,30)(H,26,31).